The van der Waals surface area contributed by atoms with Crippen LogP contribution in [0.5, 0.6) is 5.75 Å². The quantitative estimate of drug-likeness (QED) is 0.200. The summed E-state index contributed by atoms with van der Waals surface area (Å²) in [7, 11) is 1.78. The molecule has 0 spiro atoms. The van der Waals surface area contributed by atoms with Crippen molar-refractivity contribution in [3.05, 3.63) is 124 Å². The minimum Gasteiger partial charge on any atom is -0.508 e. The Morgan fingerprint density at radius 2 is 1.49 bits per heavy atom. The Morgan fingerprint density at radius 1 is 0.727 bits per heavy atom. The van der Waals surface area contributed by atoms with E-state index >= 15 is 0 Å². The minimum absolute atomic E-state index is 0.229. The van der Waals surface area contributed by atoms with Crippen LogP contribution in [0, 0.1) is 5.92 Å². The van der Waals surface area contributed by atoms with Gasteiger partial charge in [-0.05, 0) is 103 Å². The van der Waals surface area contributed by atoms with Crippen molar-refractivity contribution in [1.29, 1.82) is 0 Å². The maximum atomic E-state index is 13.5. The van der Waals surface area contributed by atoms with E-state index in [9.17, 15) is 19.5 Å². The second kappa shape index (κ2) is 14.7. The highest BCUT2D eigenvalue weighted by Crippen LogP contribution is 2.47. The van der Waals surface area contributed by atoms with Crippen molar-refractivity contribution in [2.45, 2.75) is 56.4 Å². The number of benzene rings is 4. The van der Waals surface area contributed by atoms with Gasteiger partial charge < -0.3 is 14.9 Å². The van der Waals surface area contributed by atoms with Gasteiger partial charge in [-0.1, -0.05) is 54.6 Å². The topological polar surface area (TPSA) is 103 Å². The molecule has 3 saturated heterocycles. The molecule has 10 heteroatoms. The zero-order valence-corrected chi connectivity index (χ0v) is 31.6. The number of amides is 2. The molecule has 2 amide bonds. The fourth-order valence-corrected chi connectivity index (χ4v) is 9.98. The first-order chi connectivity index (χ1) is 26.8. The zero-order valence-electron chi connectivity index (χ0n) is 31.6. The van der Waals surface area contributed by atoms with Crippen molar-refractivity contribution in [2.24, 2.45) is 13.0 Å². The fourth-order valence-electron chi connectivity index (χ4n) is 9.98. The van der Waals surface area contributed by atoms with Crippen LogP contribution >= 0.6 is 0 Å². The Labute approximate surface area is 322 Å². The van der Waals surface area contributed by atoms with E-state index in [4.69, 9.17) is 0 Å². The second-order valence-electron chi connectivity index (χ2n) is 16.0. The molecule has 0 saturated carbocycles. The normalized spacial score (nSPS) is 22.5. The summed E-state index contributed by atoms with van der Waals surface area (Å²) in [4.78, 5) is 45.5. The number of nitrogens with zero attached hydrogens (tertiary/aromatic N) is 5. The standard InChI is InChI=1S/C45H50N6O4/c1-47-43-38(8-5-9-39(43)51(45(47)55)40-18-19-41(53)46-44(40)54)50-26-24-48(25-27-50)29-30-20-22-49(23-21-30)34-13-10-32(11-14-34)42-36(31-6-3-2-4-7-31)16-12-33-28-35(52)15-17-37(33)42/h2-11,13-15,17,28,30,36,40,42,52H,12,16,18-27,29H2,1H3,(H,46,53,54)/t36-,40?,42+/m1/s1. The van der Waals surface area contributed by atoms with Gasteiger partial charge in [-0.2, -0.15) is 0 Å². The molecule has 1 aromatic heterocycles. The van der Waals surface area contributed by atoms with E-state index in [1.807, 2.05) is 24.3 Å². The van der Waals surface area contributed by atoms with Crippen LogP contribution in [-0.4, -0.2) is 76.8 Å². The van der Waals surface area contributed by atoms with Crippen molar-refractivity contribution in [3.8, 4) is 5.75 Å². The number of para-hydroxylation sites is 1. The lowest BCUT2D eigenvalue weighted by Gasteiger charge is -2.40. The highest BCUT2D eigenvalue weighted by atomic mass is 16.3. The molecule has 55 heavy (non-hydrogen) atoms. The van der Waals surface area contributed by atoms with E-state index in [1.54, 1.807) is 16.2 Å². The Kier molecular flexibility index (Phi) is 9.46. The first-order valence-corrected chi connectivity index (χ1v) is 20.0. The second-order valence-corrected chi connectivity index (χ2v) is 16.0. The largest absolute Gasteiger partial charge is 0.508 e. The molecular formula is C45H50N6O4. The Balaban J connectivity index is 0.822. The molecule has 9 rings (SSSR count). The van der Waals surface area contributed by atoms with Crippen LogP contribution in [0.2, 0.25) is 0 Å². The van der Waals surface area contributed by atoms with E-state index in [1.165, 1.54) is 40.8 Å². The molecule has 5 aromatic rings. The number of piperazine rings is 1. The molecular weight excluding hydrogens is 689 g/mol. The number of phenolic OH excluding ortho intramolecular Hbond substituents is 1. The summed E-state index contributed by atoms with van der Waals surface area (Å²) in [5, 5.41) is 12.6. The van der Waals surface area contributed by atoms with Crippen LogP contribution in [-0.2, 0) is 23.1 Å². The summed E-state index contributed by atoms with van der Waals surface area (Å²) in [5.41, 5.74) is 8.97. The first-order valence-electron chi connectivity index (χ1n) is 20.0. The Bertz CT molecular complexity index is 2260. The summed E-state index contributed by atoms with van der Waals surface area (Å²) in [6.07, 6.45) is 4.94. The van der Waals surface area contributed by atoms with Gasteiger partial charge in [-0.15, -0.1) is 0 Å². The molecule has 4 aliphatic rings. The van der Waals surface area contributed by atoms with E-state index in [-0.39, 0.29) is 23.9 Å². The highest BCUT2D eigenvalue weighted by Gasteiger charge is 2.34. The van der Waals surface area contributed by atoms with Crippen LogP contribution in [0.3, 0.4) is 0 Å². The number of aryl methyl sites for hydroxylation is 2. The first kappa shape index (κ1) is 35.4. The summed E-state index contributed by atoms with van der Waals surface area (Å²) in [6.45, 7) is 6.90. The van der Waals surface area contributed by atoms with E-state index < -0.39 is 11.9 Å². The number of hydrogen-bond acceptors (Lipinski definition) is 7. The van der Waals surface area contributed by atoms with E-state index in [2.05, 4.69) is 86.7 Å². The predicted octanol–water partition coefficient (Wildman–Crippen LogP) is 5.92. The van der Waals surface area contributed by atoms with Gasteiger partial charge in [0.15, 0.2) is 0 Å². The van der Waals surface area contributed by atoms with Crippen molar-refractivity contribution >= 4 is 34.2 Å². The van der Waals surface area contributed by atoms with Crippen LogP contribution in [0.25, 0.3) is 11.0 Å². The van der Waals surface area contributed by atoms with Gasteiger partial charge in [0.25, 0.3) is 0 Å². The predicted molar refractivity (Wildman–Crippen MR) is 216 cm³/mol. The number of phenols is 1. The van der Waals surface area contributed by atoms with Crippen LogP contribution in [0.15, 0.2) is 95.8 Å². The van der Waals surface area contributed by atoms with Gasteiger partial charge >= 0.3 is 5.69 Å². The number of aromatic hydroxyl groups is 1. The average Bonchev–Trinajstić information content (AvgIpc) is 3.47. The molecule has 0 radical (unpaired) electrons. The number of imidazole rings is 1. The van der Waals surface area contributed by atoms with Gasteiger partial charge in [0.2, 0.25) is 11.8 Å². The van der Waals surface area contributed by atoms with Gasteiger partial charge in [0, 0.05) is 70.9 Å². The lowest BCUT2D eigenvalue weighted by atomic mass is 9.69. The third kappa shape index (κ3) is 6.71. The molecule has 284 valence electrons. The van der Waals surface area contributed by atoms with Gasteiger partial charge in [0.1, 0.15) is 11.8 Å². The molecule has 4 heterocycles. The molecule has 2 N–H and O–H groups in total. The Hall–Kier alpha value is -5.35. The molecule has 0 bridgehead atoms. The number of piperidine rings is 2. The molecule has 10 nitrogen and oxygen atoms in total. The molecule has 4 aromatic carbocycles. The minimum atomic E-state index is -0.684. The third-order valence-corrected chi connectivity index (χ3v) is 12.9. The number of nitrogens with one attached hydrogen (secondary N) is 1. The molecule has 3 atom stereocenters. The van der Waals surface area contributed by atoms with Crippen LogP contribution in [0.4, 0.5) is 11.4 Å². The lowest BCUT2D eigenvalue weighted by molar-refractivity contribution is -0.135. The summed E-state index contributed by atoms with van der Waals surface area (Å²) in [6, 6.07) is 31.4. The molecule has 3 aliphatic heterocycles. The number of hydrogen-bond donors (Lipinski definition) is 2. The number of rotatable bonds is 7. The molecule has 1 aliphatic carbocycles. The van der Waals surface area contributed by atoms with Crippen molar-refractivity contribution < 1.29 is 14.7 Å². The number of carbonyl (C=O) groups excluding carboxylic acids is 2. The fraction of sp³-hybridized carbons (Fsp3) is 0.400. The number of aromatic nitrogens is 2. The summed E-state index contributed by atoms with van der Waals surface area (Å²) in [5.74, 6) is 0.972. The van der Waals surface area contributed by atoms with Gasteiger partial charge in [-0.25, -0.2) is 4.79 Å². The number of fused-ring (bicyclic) bond motifs is 2. The van der Waals surface area contributed by atoms with Crippen LogP contribution < -0.4 is 20.8 Å². The maximum Gasteiger partial charge on any atom is 0.329 e. The van der Waals surface area contributed by atoms with Gasteiger partial charge in [0.05, 0.1) is 16.7 Å². The SMILES string of the molecule is Cn1c(=O)n(C2CCC(=O)NC2=O)c2cccc(N3CCN(CC4CCN(c5ccc([C@@H]6c7ccc(O)cc7CC[C@@H]6c6ccccc6)cc5)CC4)CC3)c21. The van der Waals surface area contributed by atoms with E-state index in [0.717, 1.165) is 75.4 Å². The van der Waals surface area contributed by atoms with E-state index in [0.29, 0.717) is 24.0 Å². The van der Waals surface area contributed by atoms with Crippen molar-refractivity contribution in [3.63, 3.8) is 0 Å². The van der Waals surface area contributed by atoms with Crippen molar-refractivity contribution in [2.75, 3.05) is 55.6 Å². The average molecular weight is 739 g/mol. The smallest absolute Gasteiger partial charge is 0.329 e. The lowest BCUT2D eigenvalue weighted by Crippen LogP contribution is -2.49. The highest BCUT2D eigenvalue weighted by molar-refractivity contribution is 6.00. The number of carbonyl (C=O) groups is 2. The monoisotopic (exact) mass is 738 g/mol. The number of anilines is 2. The molecule has 1 unspecified atom stereocenters. The molecule has 3 fully saturated rings. The zero-order chi connectivity index (χ0) is 37.6. The third-order valence-electron chi connectivity index (χ3n) is 12.9. The summed E-state index contributed by atoms with van der Waals surface area (Å²) >= 11 is 0. The van der Waals surface area contributed by atoms with Gasteiger partial charge in [-0.3, -0.25) is 28.9 Å². The summed E-state index contributed by atoms with van der Waals surface area (Å²) < 4.78 is 3.23. The van der Waals surface area contributed by atoms with Crippen LogP contribution in [0.1, 0.15) is 72.2 Å². The Morgan fingerprint density at radius 3 is 2.24 bits per heavy atom. The number of imide groups is 1. The maximum absolute atomic E-state index is 13.5. The van der Waals surface area contributed by atoms with Crippen molar-refractivity contribution in [1.82, 2.24) is 19.4 Å².